The van der Waals surface area contributed by atoms with Gasteiger partial charge in [0.15, 0.2) is 0 Å². The van der Waals surface area contributed by atoms with Crippen molar-refractivity contribution >= 4 is 12.6 Å². The van der Waals surface area contributed by atoms with Crippen molar-refractivity contribution < 1.29 is 0 Å². The van der Waals surface area contributed by atoms with Crippen molar-refractivity contribution in [3.8, 4) is 0 Å². The molecule has 0 bridgehead atoms. The second kappa shape index (κ2) is 10.1. The lowest BCUT2D eigenvalue weighted by atomic mass is 9.78. The zero-order chi connectivity index (χ0) is 14.0. The first kappa shape index (κ1) is 16.7. The van der Waals surface area contributed by atoms with Crippen molar-refractivity contribution in [3.05, 3.63) is 0 Å². The zero-order valence-corrected chi connectivity index (χ0v) is 14.3. The molecule has 2 aliphatic rings. The van der Waals surface area contributed by atoms with Crippen LogP contribution in [0.4, 0.5) is 0 Å². The van der Waals surface area contributed by atoms with E-state index in [1.807, 2.05) is 0 Å². The van der Waals surface area contributed by atoms with Crippen LogP contribution in [-0.4, -0.2) is 29.8 Å². The van der Waals surface area contributed by atoms with Crippen LogP contribution in [0.5, 0.6) is 0 Å². The molecule has 2 rings (SSSR count). The van der Waals surface area contributed by atoms with Gasteiger partial charge in [0.05, 0.1) is 0 Å². The van der Waals surface area contributed by atoms with E-state index >= 15 is 0 Å². The number of rotatable bonds is 9. The average molecular weight is 298 g/mol. The van der Waals surface area contributed by atoms with E-state index in [1.54, 1.807) is 0 Å². The topological polar surface area (TPSA) is 3.24 Å². The summed E-state index contributed by atoms with van der Waals surface area (Å²) in [5.74, 6) is 2.12. The molecule has 2 unspecified atom stereocenters. The molecule has 0 spiro atoms. The summed E-state index contributed by atoms with van der Waals surface area (Å²) in [5, 5.41) is 0. The van der Waals surface area contributed by atoms with E-state index in [2.05, 4.69) is 17.5 Å². The molecule has 0 aromatic rings. The molecule has 1 saturated heterocycles. The van der Waals surface area contributed by atoms with Crippen LogP contribution >= 0.6 is 12.6 Å². The monoisotopic (exact) mass is 297 g/mol. The van der Waals surface area contributed by atoms with Crippen LogP contribution in [0, 0.1) is 5.92 Å². The maximum atomic E-state index is 4.27. The lowest BCUT2D eigenvalue weighted by Gasteiger charge is -2.44. The third kappa shape index (κ3) is 5.60. The lowest BCUT2D eigenvalue weighted by molar-refractivity contribution is 0.0595. The molecule has 2 atom stereocenters. The highest BCUT2D eigenvalue weighted by molar-refractivity contribution is 7.80. The van der Waals surface area contributed by atoms with Crippen LogP contribution in [0.25, 0.3) is 0 Å². The maximum absolute atomic E-state index is 4.27. The van der Waals surface area contributed by atoms with Gasteiger partial charge >= 0.3 is 0 Å². The molecule has 1 saturated carbocycles. The molecule has 1 aliphatic carbocycles. The number of piperidine rings is 1. The van der Waals surface area contributed by atoms with Gasteiger partial charge in [-0.05, 0) is 63.3 Å². The fourth-order valence-corrected chi connectivity index (χ4v) is 4.54. The molecule has 1 heterocycles. The van der Waals surface area contributed by atoms with Crippen LogP contribution in [0.1, 0.15) is 83.5 Å². The van der Waals surface area contributed by atoms with Gasteiger partial charge in [-0.1, -0.05) is 44.9 Å². The Morgan fingerprint density at radius 2 is 1.40 bits per heavy atom. The molecular weight excluding hydrogens is 262 g/mol. The number of hydrogen-bond donors (Lipinski definition) is 1. The second-order valence-electron chi connectivity index (χ2n) is 6.99. The third-order valence-electron chi connectivity index (χ3n) is 5.46. The summed E-state index contributed by atoms with van der Waals surface area (Å²) >= 11 is 4.27. The first-order valence-corrected chi connectivity index (χ1v) is 9.90. The smallest absolute Gasteiger partial charge is 0.0123 e. The summed E-state index contributed by atoms with van der Waals surface area (Å²) in [7, 11) is 0. The quantitative estimate of drug-likeness (QED) is 0.446. The summed E-state index contributed by atoms with van der Waals surface area (Å²) < 4.78 is 0. The number of thiol groups is 1. The van der Waals surface area contributed by atoms with Crippen LogP contribution in [0.2, 0.25) is 0 Å². The van der Waals surface area contributed by atoms with E-state index in [-0.39, 0.29) is 0 Å². The maximum Gasteiger partial charge on any atom is 0.0123 e. The summed E-state index contributed by atoms with van der Waals surface area (Å²) in [6, 6.07) is 0.966. The predicted octanol–water partition coefficient (Wildman–Crippen LogP) is 5.30. The minimum absolute atomic E-state index is 0.966. The highest BCUT2D eigenvalue weighted by Gasteiger charge is 2.32. The van der Waals surface area contributed by atoms with Gasteiger partial charge in [-0.15, -0.1) is 0 Å². The Morgan fingerprint density at radius 3 is 2.20 bits per heavy atom. The van der Waals surface area contributed by atoms with Crippen LogP contribution in [0.15, 0.2) is 0 Å². The van der Waals surface area contributed by atoms with Crippen LogP contribution in [0.3, 0.4) is 0 Å². The third-order valence-corrected chi connectivity index (χ3v) is 5.78. The molecule has 0 amide bonds. The average Bonchev–Trinajstić information content (AvgIpc) is 2.50. The molecule has 2 heteroatoms. The normalized spacial score (nSPS) is 27.4. The minimum atomic E-state index is 0.966. The molecule has 1 aliphatic heterocycles. The van der Waals surface area contributed by atoms with E-state index < -0.39 is 0 Å². The Bertz CT molecular complexity index is 242. The first-order valence-electron chi connectivity index (χ1n) is 9.26. The second-order valence-corrected chi connectivity index (χ2v) is 7.44. The van der Waals surface area contributed by atoms with Crippen LogP contribution < -0.4 is 0 Å². The molecule has 118 valence electrons. The molecule has 2 fully saturated rings. The Morgan fingerprint density at radius 1 is 0.750 bits per heavy atom. The van der Waals surface area contributed by atoms with Crippen molar-refractivity contribution in [1.82, 2.24) is 4.90 Å². The Hall–Kier alpha value is 0.310. The molecule has 1 nitrogen and oxygen atoms in total. The molecule has 0 N–H and O–H groups in total. The number of nitrogens with zero attached hydrogens (tertiary/aromatic N) is 1. The summed E-state index contributed by atoms with van der Waals surface area (Å²) in [6.07, 6.45) is 18.9. The zero-order valence-electron chi connectivity index (χ0n) is 13.4. The molecule has 0 aromatic heterocycles. The fraction of sp³-hybridized carbons (Fsp3) is 1.00. The van der Waals surface area contributed by atoms with Gasteiger partial charge in [0, 0.05) is 6.04 Å². The predicted molar refractivity (Wildman–Crippen MR) is 92.7 cm³/mol. The first-order chi connectivity index (χ1) is 9.92. The van der Waals surface area contributed by atoms with Gasteiger partial charge in [-0.2, -0.15) is 12.6 Å². The molecule has 20 heavy (non-hydrogen) atoms. The number of hydrogen-bond acceptors (Lipinski definition) is 2. The molecule has 0 radical (unpaired) electrons. The van der Waals surface area contributed by atoms with Crippen molar-refractivity contribution in [2.24, 2.45) is 5.92 Å². The minimum Gasteiger partial charge on any atom is -0.300 e. The number of likely N-dealkylation sites (tertiary alicyclic amines) is 1. The SMILES string of the molecule is SCCCCCCCCCN1CCCC2CCCCC21. The van der Waals surface area contributed by atoms with Crippen LogP contribution in [-0.2, 0) is 0 Å². The van der Waals surface area contributed by atoms with Gasteiger partial charge in [-0.3, -0.25) is 0 Å². The summed E-state index contributed by atoms with van der Waals surface area (Å²) in [5.41, 5.74) is 0. The summed E-state index contributed by atoms with van der Waals surface area (Å²) in [4.78, 5) is 2.86. The van der Waals surface area contributed by atoms with Gasteiger partial charge < -0.3 is 4.90 Å². The van der Waals surface area contributed by atoms with E-state index in [9.17, 15) is 0 Å². The van der Waals surface area contributed by atoms with Crippen molar-refractivity contribution in [2.45, 2.75) is 89.5 Å². The van der Waals surface area contributed by atoms with E-state index in [0.717, 1.165) is 17.7 Å². The Labute approximate surface area is 132 Å². The van der Waals surface area contributed by atoms with E-state index in [4.69, 9.17) is 0 Å². The molecular formula is C18H35NS. The largest absolute Gasteiger partial charge is 0.300 e. The van der Waals surface area contributed by atoms with E-state index in [1.165, 1.54) is 96.6 Å². The standard InChI is InChI=1S/C18H35NS/c20-16-9-5-3-1-2-4-8-14-19-15-10-12-17-11-6-7-13-18(17)19/h17-18,20H,1-16H2. The van der Waals surface area contributed by atoms with Crippen molar-refractivity contribution in [1.29, 1.82) is 0 Å². The highest BCUT2D eigenvalue weighted by Crippen LogP contribution is 2.35. The number of unbranched alkanes of at least 4 members (excludes halogenated alkanes) is 6. The lowest BCUT2D eigenvalue weighted by Crippen LogP contribution is -2.46. The van der Waals surface area contributed by atoms with Gasteiger partial charge in [0.1, 0.15) is 0 Å². The highest BCUT2D eigenvalue weighted by atomic mass is 32.1. The Kier molecular flexibility index (Phi) is 8.43. The van der Waals surface area contributed by atoms with Gasteiger partial charge in [0.2, 0.25) is 0 Å². The van der Waals surface area contributed by atoms with Gasteiger partial charge in [0.25, 0.3) is 0 Å². The number of fused-ring (bicyclic) bond motifs is 1. The van der Waals surface area contributed by atoms with Crippen molar-refractivity contribution in [3.63, 3.8) is 0 Å². The fourth-order valence-electron chi connectivity index (χ4n) is 4.32. The van der Waals surface area contributed by atoms with Gasteiger partial charge in [-0.25, -0.2) is 0 Å². The van der Waals surface area contributed by atoms with E-state index in [0.29, 0.717) is 0 Å². The molecule has 0 aromatic carbocycles. The Balaban J connectivity index is 1.52. The summed E-state index contributed by atoms with van der Waals surface area (Å²) in [6.45, 7) is 2.78. The van der Waals surface area contributed by atoms with Crippen molar-refractivity contribution in [2.75, 3.05) is 18.8 Å².